The van der Waals surface area contributed by atoms with E-state index in [9.17, 15) is 14.4 Å². The number of likely N-dealkylation sites (N-methyl/N-ethyl adjacent to an activating group) is 1. The second-order valence-electron chi connectivity index (χ2n) is 11.7. The van der Waals surface area contributed by atoms with E-state index >= 15 is 0 Å². The van der Waals surface area contributed by atoms with Crippen molar-refractivity contribution in [1.29, 1.82) is 0 Å². The van der Waals surface area contributed by atoms with Crippen LogP contribution in [0.2, 0.25) is 0 Å². The first kappa shape index (κ1) is 25.2. The third-order valence-electron chi connectivity index (χ3n) is 10.1. The minimum atomic E-state index is -0.503. The van der Waals surface area contributed by atoms with E-state index in [2.05, 4.69) is 17.2 Å². The average molecular weight is 489 g/mol. The molecule has 192 valence electrons. The second-order valence-corrected chi connectivity index (χ2v) is 11.7. The van der Waals surface area contributed by atoms with Crippen molar-refractivity contribution >= 4 is 18.5 Å². The summed E-state index contributed by atoms with van der Waals surface area (Å²) in [5.41, 5.74) is 2.48. The number of aldehydes is 2. The summed E-state index contributed by atoms with van der Waals surface area (Å²) in [5.74, 6) is 9.20. The predicted octanol–water partition coefficient (Wildman–Crippen LogP) is 5.02. The highest BCUT2D eigenvalue weighted by atomic mass is 16.2. The van der Waals surface area contributed by atoms with Crippen LogP contribution in [-0.4, -0.2) is 48.6 Å². The van der Waals surface area contributed by atoms with E-state index in [1.165, 1.54) is 43.4 Å². The molecule has 3 unspecified atom stereocenters. The van der Waals surface area contributed by atoms with Crippen LogP contribution in [0.25, 0.3) is 0 Å². The first-order valence-electron chi connectivity index (χ1n) is 14.1. The Bertz CT molecular complexity index is 1060. The Balaban J connectivity index is 1.07. The van der Waals surface area contributed by atoms with Gasteiger partial charge in [0.1, 0.15) is 6.29 Å². The molecule has 1 spiro atoms. The van der Waals surface area contributed by atoms with E-state index in [1.807, 2.05) is 6.92 Å². The maximum absolute atomic E-state index is 13.2. The van der Waals surface area contributed by atoms with Crippen molar-refractivity contribution < 1.29 is 14.4 Å². The summed E-state index contributed by atoms with van der Waals surface area (Å²) in [4.78, 5) is 37.7. The molecule has 4 aliphatic carbocycles. The molecule has 5 rings (SSSR count). The van der Waals surface area contributed by atoms with Crippen molar-refractivity contribution in [3.05, 3.63) is 34.9 Å². The number of hydrogen-bond donors (Lipinski definition) is 1. The fourth-order valence-electron chi connectivity index (χ4n) is 8.40. The number of carbonyl (C=O) groups is 3. The van der Waals surface area contributed by atoms with Crippen molar-refractivity contribution in [2.75, 3.05) is 13.6 Å². The van der Waals surface area contributed by atoms with Gasteiger partial charge in [0.25, 0.3) is 5.91 Å². The van der Waals surface area contributed by atoms with Gasteiger partial charge in [0.2, 0.25) is 0 Å². The lowest BCUT2D eigenvalue weighted by atomic mass is 9.15. The van der Waals surface area contributed by atoms with Crippen LogP contribution in [0.15, 0.2) is 18.2 Å². The topological polar surface area (TPSA) is 66.5 Å². The fourth-order valence-corrected chi connectivity index (χ4v) is 8.40. The molecule has 1 aromatic rings. The standard InChI is InChI=1S/C31H40N2O3/c1-3-11-27(21-35)33(2)29(36)28-22(13-10-14-23(28)20-34)12-8-6-4-5-7-9-15-32-30-18-25-16-24-17-26(19-30)31(24,25)30/h10,13-14,20-21,24-27,32H,3-7,9,11,15-19H2,1-2H3. The summed E-state index contributed by atoms with van der Waals surface area (Å²) in [6, 6.07) is 4.67. The maximum Gasteiger partial charge on any atom is 0.256 e. The summed E-state index contributed by atoms with van der Waals surface area (Å²) < 4.78 is 0. The fraction of sp³-hybridized carbons (Fsp3) is 0.645. The molecule has 0 aliphatic heterocycles. The Morgan fingerprint density at radius 3 is 2.53 bits per heavy atom. The Hall–Kier alpha value is -2.45. The quantitative estimate of drug-likeness (QED) is 0.241. The highest BCUT2D eigenvalue weighted by Gasteiger charge is 2.87. The van der Waals surface area contributed by atoms with Crippen molar-refractivity contribution in [3.8, 4) is 11.8 Å². The lowest BCUT2D eigenvalue weighted by molar-refractivity contribution is -0.397. The molecule has 4 fully saturated rings. The third-order valence-corrected chi connectivity index (χ3v) is 10.1. The lowest BCUT2D eigenvalue weighted by Crippen LogP contribution is -2.92. The molecule has 4 aliphatic rings. The molecule has 0 bridgehead atoms. The van der Waals surface area contributed by atoms with E-state index in [-0.39, 0.29) is 5.91 Å². The SMILES string of the molecule is CCCC(C=O)N(C)C(=O)c1c(C#CCCCCCCNC23CC4CC5CC(C2)C543)cccc1C=O. The van der Waals surface area contributed by atoms with Gasteiger partial charge < -0.3 is 15.0 Å². The Morgan fingerprint density at radius 1 is 1.14 bits per heavy atom. The van der Waals surface area contributed by atoms with E-state index in [0.717, 1.165) is 61.7 Å². The zero-order valence-corrected chi connectivity index (χ0v) is 21.9. The summed E-state index contributed by atoms with van der Waals surface area (Å²) in [6.45, 7) is 3.13. The van der Waals surface area contributed by atoms with E-state index in [0.29, 0.717) is 34.9 Å². The van der Waals surface area contributed by atoms with Crippen molar-refractivity contribution in [2.45, 2.75) is 89.1 Å². The molecule has 5 heteroatoms. The van der Waals surface area contributed by atoms with Crippen LogP contribution in [0.1, 0.15) is 104 Å². The van der Waals surface area contributed by atoms with Crippen molar-refractivity contribution in [1.82, 2.24) is 10.2 Å². The number of amides is 1. The monoisotopic (exact) mass is 488 g/mol. The zero-order valence-electron chi connectivity index (χ0n) is 21.9. The number of carbonyl (C=O) groups excluding carboxylic acids is 3. The molecule has 5 nitrogen and oxygen atoms in total. The molecule has 1 amide bonds. The lowest BCUT2D eigenvalue weighted by Gasteiger charge is -2.91. The minimum Gasteiger partial charge on any atom is -0.332 e. The van der Waals surface area contributed by atoms with Crippen LogP contribution in [0.5, 0.6) is 0 Å². The normalized spacial score (nSPS) is 31.0. The van der Waals surface area contributed by atoms with Gasteiger partial charge in [-0.2, -0.15) is 0 Å². The summed E-state index contributed by atoms with van der Waals surface area (Å²) >= 11 is 0. The molecule has 0 heterocycles. The van der Waals surface area contributed by atoms with Gasteiger partial charge in [-0.25, -0.2) is 0 Å². The van der Waals surface area contributed by atoms with Gasteiger partial charge in [-0.05, 0) is 80.7 Å². The molecule has 0 saturated heterocycles. The molecule has 4 saturated carbocycles. The van der Waals surface area contributed by atoms with Crippen LogP contribution >= 0.6 is 0 Å². The maximum atomic E-state index is 13.2. The Kier molecular flexibility index (Phi) is 7.10. The molecular weight excluding hydrogens is 448 g/mol. The highest BCUT2D eigenvalue weighted by Crippen LogP contribution is 2.89. The van der Waals surface area contributed by atoms with Gasteiger partial charge in [-0.3, -0.25) is 9.59 Å². The number of unbranched alkanes of at least 4 members (excludes halogenated alkanes) is 4. The van der Waals surface area contributed by atoms with Gasteiger partial charge in [0.15, 0.2) is 6.29 Å². The average Bonchev–Trinajstić information content (AvgIpc) is 2.84. The molecular formula is C31H40N2O3. The van der Waals surface area contributed by atoms with Crippen LogP contribution in [0.3, 0.4) is 0 Å². The van der Waals surface area contributed by atoms with E-state index < -0.39 is 6.04 Å². The second kappa shape index (κ2) is 10.1. The van der Waals surface area contributed by atoms with Gasteiger partial charge >= 0.3 is 0 Å². The van der Waals surface area contributed by atoms with Gasteiger partial charge in [-0.1, -0.05) is 50.2 Å². The molecule has 1 N–H and O–H groups in total. The number of hydrogen-bond acceptors (Lipinski definition) is 4. The highest BCUT2D eigenvalue weighted by molar-refractivity contribution is 6.04. The molecule has 0 aromatic heterocycles. The van der Waals surface area contributed by atoms with Crippen LogP contribution in [0.4, 0.5) is 0 Å². The number of nitrogens with zero attached hydrogens (tertiary/aromatic N) is 1. The van der Waals surface area contributed by atoms with E-state index in [1.54, 1.807) is 25.2 Å². The van der Waals surface area contributed by atoms with Gasteiger partial charge in [0.05, 0.1) is 11.6 Å². The minimum absolute atomic E-state index is 0.298. The van der Waals surface area contributed by atoms with Crippen LogP contribution < -0.4 is 5.32 Å². The third kappa shape index (κ3) is 3.76. The van der Waals surface area contributed by atoms with Crippen LogP contribution in [0, 0.1) is 35.0 Å². The largest absolute Gasteiger partial charge is 0.332 e. The predicted molar refractivity (Wildman–Crippen MR) is 141 cm³/mol. The van der Waals surface area contributed by atoms with Crippen LogP contribution in [-0.2, 0) is 4.79 Å². The Labute approximate surface area is 215 Å². The summed E-state index contributed by atoms with van der Waals surface area (Å²) in [5, 5.41) is 3.98. The number of benzene rings is 1. The van der Waals surface area contributed by atoms with E-state index in [4.69, 9.17) is 0 Å². The zero-order chi connectivity index (χ0) is 25.3. The number of rotatable bonds is 13. The molecule has 0 radical (unpaired) electrons. The number of nitrogens with one attached hydrogen (secondary N) is 1. The first-order valence-corrected chi connectivity index (χ1v) is 14.1. The first-order chi connectivity index (χ1) is 17.5. The van der Waals surface area contributed by atoms with Gasteiger partial charge in [-0.15, -0.1) is 0 Å². The molecule has 3 atom stereocenters. The van der Waals surface area contributed by atoms with Crippen molar-refractivity contribution in [3.63, 3.8) is 0 Å². The van der Waals surface area contributed by atoms with Crippen molar-refractivity contribution in [2.24, 2.45) is 23.2 Å². The summed E-state index contributed by atoms with van der Waals surface area (Å²) in [6.07, 6.45) is 14.2. The summed E-state index contributed by atoms with van der Waals surface area (Å²) in [7, 11) is 1.62. The molecule has 1 aromatic carbocycles. The molecule has 36 heavy (non-hydrogen) atoms. The Morgan fingerprint density at radius 2 is 1.89 bits per heavy atom. The smallest absolute Gasteiger partial charge is 0.256 e. The van der Waals surface area contributed by atoms with Gasteiger partial charge in [0, 0.05) is 30.1 Å².